The molecule has 14 nitrogen and oxygen atoms in total. The molecule has 2 N–H and O–H groups in total. The summed E-state index contributed by atoms with van der Waals surface area (Å²) < 4.78 is 39.4. The first kappa shape index (κ1) is 31.2. The maximum atomic E-state index is 13.8. The number of aromatic nitrogens is 6. The lowest BCUT2D eigenvalue weighted by molar-refractivity contribution is -0.134. The minimum absolute atomic E-state index is 0.00415. The number of fused-ring (bicyclic) bond motifs is 1. The Bertz CT molecular complexity index is 1610. The van der Waals surface area contributed by atoms with Crippen molar-refractivity contribution in [2.24, 2.45) is 0 Å². The van der Waals surface area contributed by atoms with Crippen LogP contribution in [-0.4, -0.2) is 97.9 Å². The standard InChI is InChI=1S/C26H33F3N10O4/c1-6-17-21(36-9-11-37(12-10-36)25(43)20-22(41)16(3)30-14-31-20)23(42)19-24(34-39(33-19)35(4)5)38(17)13-18(40)32-15(2)7-8-26(27,28)29/h14,41H,2,6-13H2,1,3-5H3,(H,32,40). The predicted molar refractivity (Wildman–Crippen MR) is 150 cm³/mol. The summed E-state index contributed by atoms with van der Waals surface area (Å²) in [6.07, 6.45) is -4.47. The van der Waals surface area contributed by atoms with E-state index in [1.807, 2.05) is 0 Å². The van der Waals surface area contributed by atoms with Crippen LogP contribution in [0.4, 0.5) is 18.9 Å². The zero-order valence-corrected chi connectivity index (χ0v) is 24.3. The van der Waals surface area contributed by atoms with Crippen LogP contribution in [0.25, 0.3) is 11.2 Å². The summed E-state index contributed by atoms with van der Waals surface area (Å²) in [5.74, 6) is -1.39. The third-order valence-electron chi connectivity index (χ3n) is 6.98. The van der Waals surface area contributed by atoms with E-state index >= 15 is 0 Å². The number of aryl methyl sites for hydroxylation is 1. The number of rotatable bonds is 9. The normalized spacial score (nSPS) is 13.8. The molecule has 0 atom stereocenters. The Labute approximate surface area is 244 Å². The second-order valence-electron chi connectivity index (χ2n) is 10.3. The van der Waals surface area contributed by atoms with E-state index in [0.717, 1.165) is 0 Å². The van der Waals surface area contributed by atoms with Crippen molar-refractivity contribution >= 4 is 28.7 Å². The second kappa shape index (κ2) is 12.3. The molecule has 2 amide bonds. The first-order valence-electron chi connectivity index (χ1n) is 13.5. The van der Waals surface area contributed by atoms with Crippen molar-refractivity contribution in [1.82, 2.24) is 39.9 Å². The number of amides is 2. The van der Waals surface area contributed by atoms with E-state index < -0.39 is 36.3 Å². The Hall–Kier alpha value is -4.70. The van der Waals surface area contributed by atoms with Crippen molar-refractivity contribution in [1.29, 1.82) is 0 Å². The van der Waals surface area contributed by atoms with Crippen molar-refractivity contribution in [2.45, 2.75) is 45.8 Å². The molecule has 1 fully saturated rings. The Morgan fingerprint density at radius 1 is 1.14 bits per heavy atom. The number of piperazine rings is 1. The van der Waals surface area contributed by atoms with Gasteiger partial charge in [-0.25, -0.2) is 9.97 Å². The smallest absolute Gasteiger partial charge is 0.389 e. The van der Waals surface area contributed by atoms with Crippen LogP contribution >= 0.6 is 0 Å². The van der Waals surface area contributed by atoms with Crippen LogP contribution in [0.5, 0.6) is 5.75 Å². The molecule has 4 heterocycles. The van der Waals surface area contributed by atoms with Gasteiger partial charge < -0.3 is 24.8 Å². The van der Waals surface area contributed by atoms with Crippen LogP contribution in [0, 0.1) is 6.92 Å². The molecular formula is C26H33F3N10O4. The molecule has 0 aromatic carbocycles. The van der Waals surface area contributed by atoms with Crippen molar-refractivity contribution in [3.8, 4) is 5.75 Å². The molecule has 3 aromatic rings. The first-order valence-corrected chi connectivity index (χ1v) is 13.5. The van der Waals surface area contributed by atoms with Gasteiger partial charge in [0, 0.05) is 58.1 Å². The number of hydrogen-bond donors (Lipinski definition) is 2. The molecule has 1 aliphatic rings. The molecule has 4 rings (SSSR count). The number of nitrogens with zero attached hydrogens (tertiary/aromatic N) is 9. The van der Waals surface area contributed by atoms with Gasteiger partial charge >= 0.3 is 6.18 Å². The summed E-state index contributed by atoms with van der Waals surface area (Å²) in [4.78, 5) is 52.2. The number of hydrogen-bond acceptors (Lipinski definition) is 10. The van der Waals surface area contributed by atoms with Gasteiger partial charge in [0.05, 0.1) is 5.69 Å². The van der Waals surface area contributed by atoms with Gasteiger partial charge in [-0.3, -0.25) is 19.4 Å². The number of alkyl halides is 3. The number of carbonyl (C=O) groups is 2. The predicted octanol–water partition coefficient (Wildman–Crippen LogP) is 1.09. The highest BCUT2D eigenvalue weighted by Gasteiger charge is 2.31. The highest BCUT2D eigenvalue weighted by Crippen LogP contribution is 2.26. The van der Waals surface area contributed by atoms with Gasteiger partial charge in [0.15, 0.2) is 22.6 Å². The SMILES string of the molecule is C=C(CCC(F)(F)F)NC(=O)Cn1c(CC)c(N2CCN(C(=O)c3ncnc(C)c3O)CC2)c(=O)c2nn(N(C)C)nc21. The fourth-order valence-electron chi connectivity index (χ4n) is 4.79. The van der Waals surface area contributed by atoms with Crippen LogP contribution in [0.2, 0.25) is 0 Å². The lowest BCUT2D eigenvalue weighted by atomic mass is 10.1. The van der Waals surface area contributed by atoms with Crippen LogP contribution in [0.1, 0.15) is 41.6 Å². The highest BCUT2D eigenvalue weighted by molar-refractivity contribution is 5.95. The van der Waals surface area contributed by atoms with Gasteiger partial charge in [-0.1, -0.05) is 18.4 Å². The number of nitrogens with one attached hydrogen (secondary N) is 1. The molecule has 3 aromatic heterocycles. The number of halogens is 3. The van der Waals surface area contributed by atoms with Gasteiger partial charge in [-0.05, 0) is 19.8 Å². The van der Waals surface area contributed by atoms with Crippen molar-refractivity contribution in [3.05, 3.63) is 45.9 Å². The Morgan fingerprint density at radius 2 is 1.81 bits per heavy atom. The average Bonchev–Trinajstić information content (AvgIpc) is 3.41. The average molecular weight is 607 g/mol. The zero-order chi connectivity index (χ0) is 31.6. The highest BCUT2D eigenvalue weighted by atomic mass is 19.4. The van der Waals surface area contributed by atoms with Gasteiger partial charge in [0.2, 0.25) is 11.3 Å². The van der Waals surface area contributed by atoms with E-state index in [2.05, 4.69) is 32.1 Å². The van der Waals surface area contributed by atoms with Gasteiger partial charge in [-0.15, -0.1) is 10.2 Å². The molecule has 1 saturated heterocycles. The quantitative estimate of drug-likeness (QED) is 0.362. The van der Waals surface area contributed by atoms with Gasteiger partial charge in [0.1, 0.15) is 18.6 Å². The Morgan fingerprint density at radius 3 is 2.42 bits per heavy atom. The van der Waals surface area contributed by atoms with E-state index in [1.165, 1.54) is 25.7 Å². The monoisotopic (exact) mass is 606 g/mol. The largest absolute Gasteiger partial charge is 0.504 e. The topological polar surface area (TPSA) is 155 Å². The van der Waals surface area contributed by atoms with E-state index in [1.54, 1.807) is 32.8 Å². The van der Waals surface area contributed by atoms with E-state index in [-0.39, 0.29) is 72.4 Å². The molecule has 17 heteroatoms. The summed E-state index contributed by atoms with van der Waals surface area (Å²) in [7, 11) is 3.33. The van der Waals surface area contributed by atoms with Crippen LogP contribution in [-0.2, 0) is 17.8 Å². The lowest BCUT2D eigenvalue weighted by Gasteiger charge is -2.36. The summed E-state index contributed by atoms with van der Waals surface area (Å²) in [5.41, 5.74) is 0.582. The van der Waals surface area contributed by atoms with Gasteiger partial charge in [-0.2, -0.15) is 13.2 Å². The third-order valence-corrected chi connectivity index (χ3v) is 6.98. The van der Waals surface area contributed by atoms with Gasteiger partial charge in [0.25, 0.3) is 5.91 Å². The van der Waals surface area contributed by atoms with Crippen LogP contribution in [0.15, 0.2) is 23.4 Å². The molecule has 43 heavy (non-hydrogen) atoms. The molecule has 0 unspecified atom stereocenters. The summed E-state index contributed by atoms with van der Waals surface area (Å²) >= 11 is 0. The molecule has 0 spiro atoms. The third kappa shape index (κ3) is 6.70. The molecular weight excluding hydrogens is 573 g/mol. The van der Waals surface area contributed by atoms with E-state index in [4.69, 9.17) is 0 Å². The second-order valence-corrected chi connectivity index (χ2v) is 10.3. The van der Waals surface area contributed by atoms with Crippen molar-refractivity contribution < 1.29 is 27.9 Å². The molecule has 0 aliphatic carbocycles. The Kier molecular flexibility index (Phi) is 8.91. The van der Waals surface area contributed by atoms with Crippen LogP contribution in [0.3, 0.4) is 0 Å². The summed E-state index contributed by atoms with van der Waals surface area (Å²) in [5, 5.41) is 22.9. The van der Waals surface area contributed by atoms with Crippen molar-refractivity contribution in [3.63, 3.8) is 0 Å². The minimum Gasteiger partial charge on any atom is -0.504 e. The molecule has 1 aliphatic heterocycles. The van der Waals surface area contributed by atoms with Crippen molar-refractivity contribution in [2.75, 3.05) is 50.2 Å². The van der Waals surface area contributed by atoms with E-state index in [0.29, 0.717) is 12.1 Å². The number of pyridine rings is 1. The number of carbonyl (C=O) groups excluding carboxylic acids is 2. The number of aromatic hydroxyl groups is 1. The Balaban J connectivity index is 1.65. The number of allylic oxidation sites excluding steroid dienone is 1. The number of anilines is 1. The zero-order valence-electron chi connectivity index (χ0n) is 24.3. The van der Waals surface area contributed by atoms with Crippen LogP contribution < -0.4 is 20.7 Å². The molecule has 0 saturated carbocycles. The molecule has 232 valence electrons. The van der Waals surface area contributed by atoms with E-state index in [9.17, 15) is 32.7 Å². The summed E-state index contributed by atoms with van der Waals surface area (Å²) in [6.45, 7) is 7.49. The molecule has 0 radical (unpaired) electrons. The fraction of sp³-hybridized carbons (Fsp3) is 0.500. The molecule has 0 bridgehead atoms. The first-order chi connectivity index (χ1) is 20.2. The fourth-order valence-corrected chi connectivity index (χ4v) is 4.79. The lowest BCUT2D eigenvalue weighted by Crippen LogP contribution is -2.50. The maximum Gasteiger partial charge on any atom is 0.389 e. The maximum absolute atomic E-state index is 13.8. The minimum atomic E-state index is -4.39. The summed E-state index contributed by atoms with van der Waals surface area (Å²) in [6, 6.07) is 0.